The smallest absolute Gasteiger partial charge is 1.00 e. The first kappa shape index (κ1) is 31.8. The van der Waals surface area contributed by atoms with Crippen LogP contribution >= 0.6 is 0 Å². The van der Waals surface area contributed by atoms with Crippen LogP contribution in [0, 0.1) is 41.5 Å². The molecule has 0 heterocycles. The average molecular weight is 560 g/mol. The summed E-state index contributed by atoms with van der Waals surface area (Å²) in [5.41, 5.74) is 14.6. The first-order valence-electron chi connectivity index (χ1n) is 11.5. The van der Waals surface area contributed by atoms with Gasteiger partial charge in [-0.05, 0) is 0 Å². The Morgan fingerprint density at radius 3 is 1.03 bits per heavy atom. The average Bonchev–Trinajstić information content (AvgIpc) is 3.00. The van der Waals surface area contributed by atoms with Gasteiger partial charge in [0, 0.05) is 0 Å². The van der Waals surface area contributed by atoms with Crippen molar-refractivity contribution in [1.29, 1.82) is 0 Å². The van der Waals surface area contributed by atoms with Crippen molar-refractivity contribution in [3.63, 3.8) is 0 Å². The van der Waals surface area contributed by atoms with Crippen molar-refractivity contribution in [2.45, 2.75) is 60.3 Å². The third-order valence-electron chi connectivity index (χ3n) is 6.73. The molecular weight excluding hydrogens is 527 g/mol. The fourth-order valence-electron chi connectivity index (χ4n) is 5.63. The summed E-state index contributed by atoms with van der Waals surface area (Å²) >= 11 is 2.32. The zero-order valence-electron chi connectivity index (χ0n) is 21.6. The molecule has 0 saturated carbocycles. The maximum absolute atomic E-state index is 2.41. The van der Waals surface area contributed by atoms with Crippen molar-refractivity contribution in [2.24, 2.45) is 0 Å². The molecule has 0 amide bonds. The molecule has 3 aromatic rings. The molecule has 0 N–H and O–H groups in total. The first-order valence-corrected chi connectivity index (χ1v) is 12.3. The minimum absolute atomic E-state index is 0. The third-order valence-corrected chi connectivity index (χ3v) is 7.81. The molecule has 0 aromatic heterocycles. The van der Waals surface area contributed by atoms with Crippen LogP contribution < -0.4 is 37.2 Å². The van der Waals surface area contributed by atoms with Crippen LogP contribution in [0.15, 0.2) is 75.7 Å². The van der Waals surface area contributed by atoms with Gasteiger partial charge >= 0.3 is 207 Å². The summed E-state index contributed by atoms with van der Waals surface area (Å²) in [6, 6.07) is 21.3. The molecule has 0 aliphatic heterocycles. The van der Waals surface area contributed by atoms with E-state index < -0.39 is 0 Å². The van der Waals surface area contributed by atoms with Crippen LogP contribution in [-0.4, -0.2) is 0 Å². The minimum Gasteiger partial charge on any atom is -1.00 e. The van der Waals surface area contributed by atoms with E-state index in [2.05, 4.69) is 130 Å². The van der Waals surface area contributed by atoms with Gasteiger partial charge in [0.2, 0.25) is 0 Å². The molecule has 4 heteroatoms. The monoisotopic (exact) mass is 558 g/mol. The van der Waals surface area contributed by atoms with Crippen LogP contribution in [-0.2, 0) is 25.9 Å². The van der Waals surface area contributed by atoms with Crippen LogP contribution in [0.3, 0.4) is 0 Å². The predicted molar refractivity (Wildman–Crippen MR) is 133 cm³/mol. The normalized spacial score (nSPS) is 13.0. The molecule has 0 atom stereocenters. The Kier molecular flexibility index (Phi) is 11.2. The molecule has 0 unspecified atom stereocenters. The van der Waals surface area contributed by atoms with Crippen molar-refractivity contribution in [3.8, 4) is 0 Å². The number of rotatable bonds is 4. The molecule has 1 aliphatic carbocycles. The fraction of sp³-hybridized carbons (Fsp3) is 0.290. The van der Waals surface area contributed by atoms with E-state index in [0.717, 1.165) is 6.42 Å². The molecule has 0 bridgehead atoms. The minimum atomic E-state index is -0.317. The molecule has 0 fully saturated rings. The van der Waals surface area contributed by atoms with E-state index in [9.17, 15) is 0 Å². The summed E-state index contributed by atoms with van der Waals surface area (Å²) in [7, 11) is 0. The topological polar surface area (TPSA) is 0 Å². The van der Waals surface area contributed by atoms with E-state index in [1.165, 1.54) is 65.1 Å². The van der Waals surface area contributed by atoms with Crippen molar-refractivity contribution < 1.29 is 57.7 Å². The fourth-order valence-corrected chi connectivity index (χ4v) is 6.25. The number of aryl methyl sites for hydroxylation is 6. The number of halogens is 3. The second kappa shape index (κ2) is 12.3. The van der Waals surface area contributed by atoms with Crippen molar-refractivity contribution in [2.75, 3.05) is 0 Å². The maximum Gasteiger partial charge on any atom is -1.00 e. The zero-order chi connectivity index (χ0) is 23.2. The van der Waals surface area contributed by atoms with Crippen LogP contribution in [0.2, 0.25) is 0 Å². The van der Waals surface area contributed by atoms with E-state index in [0.29, 0.717) is 0 Å². The van der Waals surface area contributed by atoms with Gasteiger partial charge in [0.15, 0.2) is 0 Å². The Morgan fingerprint density at radius 2 is 0.800 bits per heavy atom. The predicted octanol–water partition coefficient (Wildman–Crippen LogP) is -0.966. The second-order valence-corrected chi connectivity index (χ2v) is 10.6. The zero-order valence-corrected chi connectivity index (χ0v) is 25.4. The van der Waals surface area contributed by atoms with Crippen molar-refractivity contribution >= 4 is 0 Å². The number of hydrogen-bond donors (Lipinski definition) is 0. The molecule has 0 radical (unpaired) electrons. The van der Waals surface area contributed by atoms with Crippen LogP contribution in [0.1, 0.15) is 63.4 Å². The van der Waals surface area contributed by atoms with Gasteiger partial charge in [0.05, 0.1) is 0 Å². The van der Waals surface area contributed by atoms with Crippen molar-refractivity contribution in [3.05, 3.63) is 126 Å². The number of allylic oxidation sites excluding steroid dienone is 4. The van der Waals surface area contributed by atoms with Gasteiger partial charge in [-0.3, -0.25) is 0 Å². The van der Waals surface area contributed by atoms with Gasteiger partial charge in [-0.1, -0.05) is 0 Å². The van der Waals surface area contributed by atoms with Gasteiger partial charge in [0.1, 0.15) is 0 Å². The first-order chi connectivity index (χ1) is 15.1. The molecule has 0 saturated heterocycles. The van der Waals surface area contributed by atoms with Crippen LogP contribution in [0.5, 0.6) is 0 Å². The van der Waals surface area contributed by atoms with E-state index in [1.54, 1.807) is 0 Å². The Morgan fingerprint density at radius 1 is 0.514 bits per heavy atom. The third kappa shape index (κ3) is 6.00. The van der Waals surface area contributed by atoms with Crippen molar-refractivity contribution in [1.82, 2.24) is 0 Å². The Bertz CT molecular complexity index is 1100. The second-order valence-electron chi connectivity index (χ2n) is 9.82. The molecule has 4 rings (SSSR count). The molecule has 182 valence electrons. The molecule has 0 spiro atoms. The Hall–Kier alpha value is -1.28. The molecule has 3 aromatic carbocycles. The molecule has 1 aliphatic rings. The summed E-state index contributed by atoms with van der Waals surface area (Å²) in [6.45, 7) is 15.6. The van der Waals surface area contributed by atoms with Crippen LogP contribution in [0.25, 0.3) is 0 Å². The van der Waals surface area contributed by atoms with Crippen LogP contribution in [0.4, 0.5) is 0 Å². The summed E-state index contributed by atoms with van der Waals surface area (Å²) < 4.78 is 1.43. The van der Waals surface area contributed by atoms with Gasteiger partial charge in [-0.25, -0.2) is 0 Å². The maximum atomic E-state index is 2.41. The van der Waals surface area contributed by atoms with Gasteiger partial charge in [-0.2, -0.15) is 0 Å². The summed E-state index contributed by atoms with van der Waals surface area (Å²) in [5, 5.41) is 0. The largest absolute Gasteiger partial charge is 1.00 e. The summed E-state index contributed by atoms with van der Waals surface area (Å²) in [5.74, 6) is 0. The van der Waals surface area contributed by atoms with E-state index in [-0.39, 0.29) is 42.6 Å². The SMILES string of the molecule is CC1=CCC(C(c2cc(C)cc(C)c2)(c2cc(C)cc(C)c2)c2cc(C)cc(C)c2)=[C]1[Ti+3].[Cl-].[Cl-].[Cl-]. The van der Waals surface area contributed by atoms with E-state index >= 15 is 0 Å². The number of benzene rings is 3. The Balaban J connectivity index is 0.00000204. The Labute approximate surface area is 242 Å². The van der Waals surface area contributed by atoms with Gasteiger partial charge < -0.3 is 37.2 Å². The van der Waals surface area contributed by atoms with E-state index in [4.69, 9.17) is 0 Å². The standard InChI is InChI=1S/C31H33.3ClH.Ti/c1-20-8-9-27(13-20)31(28-14-21(2)10-22(3)15-28,29-16-23(4)11-24(5)17-29)30-18-25(6)12-26(7)19-30;;;;/h8,10-12,14-19H,9H2,1-7H3;3*1H;/q;;;;+3/p-3. The molecule has 35 heavy (non-hydrogen) atoms. The molecule has 0 nitrogen and oxygen atoms in total. The number of hydrogen-bond acceptors (Lipinski definition) is 0. The van der Waals surface area contributed by atoms with Gasteiger partial charge in [-0.15, -0.1) is 0 Å². The van der Waals surface area contributed by atoms with E-state index in [1.807, 2.05) is 0 Å². The quantitative estimate of drug-likeness (QED) is 0.285. The van der Waals surface area contributed by atoms with Gasteiger partial charge in [0.25, 0.3) is 0 Å². The summed E-state index contributed by atoms with van der Waals surface area (Å²) in [4.78, 5) is 0. The molecular formula is C31H33Cl3Ti. The summed E-state index contributed by atoms with van der Waals surface area (Å²) in [6.07, 6.45) is 3.40.